The maximum absolute atomic E-state index is 12.9. The number of pyridine rings is 1. The Kier molecular flexibility index (Phi) is 5.16. The molecule has 1 atom stereocenters. The second kappa shape index (κ2) is 7.10. The lowest BCUT2D eigenvalue weighted by atomic mass is 10.2. The minimum Gasteiger partial charge on any atom is -0.591 e. The van der Waals surface area contributed by atoms with Gasteiger partial charge >= 0.3 is 0 Å². The van der Waals surface area contributed by atoms with Crippen LogP contribution in [-0.4, -0.2) is 32.4 Å². The molecule has 27 heavy (non-hydrogen) atoms. The summed E-state index contributed by atoms with van der Waals surface area (Å²) in [6, 6.07) is 13.4. The summed E-state index contributed by atoms with van der Waals surface area (Å²) in [4.78, 5) is 4.67. The molecule has 0 bridgehead atoms. The average molecular weight is 404 g/mol. The number of rotatable bonds is 4. The first-order valence-corrected chi connectivity index (χ1v) is 10.9. The van der Waals surface area contributed by atoms with Gasteiger partial charge in [-0.3, -0.25) is 0 Å². The molecule has 3 rings (SSSR count). The Morgan fingerprint density at radius 1 is 1.11 bits per heavy atom. The Morgan fingerprint density at radius 2 is 1.78 bits per heavy atom. The predicted octanol–water partition coefficient (Wildman–Crippen LogP) is 3.54. The van der Waals surface area contributed by atoms with Crippen LogP contribution < -0.4 is 0 Å². The zero-order chi connectivity index (χ0) is 19.8. The Bertz CT molecular complexity index is 1100. The number of benzene rings is 1. The van der Waals surface area contributed by atoms with Gasteiger partial charge in [-0.05, 0) is 58.0 Å². The van der Waals surface area contributed by atoms with Crippen molar-refractivity contribution in [3.63, 3.8) is 0 Å². The van der Waals surface area contributed by atoms with E-state index in [0.717, 1.165) is 3.97 Å². The fraction of sp³-hybridized carbons (Fsp3) is 0.263. The number of aromatic nitrogens is 2. The van der Waals surface area contributed by atoms with E-state index in [-0.39, 0.29) is 4.90 Å². The molecule has 0 aliphatic heterocycles. The van der Waals surface area contributed by atoms with Crippen LogP contribution in [0, 0.1) is 0 Å². The van der Waals surface area contributed by atoms with Crippen LogP contribution in [0.3, 0.4) is 0 Å². The van der Waals surface area contributed by atoms with E-state index >= 15 is 0 Å². The molecule has 0 spiro atoms. The van der Waals surface area contributed by atoms with Crippen LogP contribution in [0.4, 0.5) is 0 Å². The van der Waals surface area contributed by atoms with Gasteiger partial charge in [0.05, 0.1) is 10.6 Å². The Balaban J connectivity index is 2.09. The summed E-state index contributed by atoms with van der Waals surface area (Å²) in [6.07, 6.45) is 1.49. The number of hydrogen-bond donors (Lipinski definition) is 0. The third-order valence-corrected chi connectivity index (χ3v) is 7.09. The summed E-state index contributed by atoms with van der Waals surface area (Å²) in [5.74, 6) is 0. The van der Waals surface area contributed by atoms with E-state index in [9.17, 15) is 13.0 Å². The van der Waals surface area contributed by atoms with Gasteiger partial charge in [0.15, 0.2) is 5.65 Å². The molecule has 0 radical (unpaired) electrons. The van der Waals surface area contributed by atoms with E-state index < -0.39 is 26.1 Å². The first-order valence-electron chi connectivity index (χ1n) is 8.37. The van der Waals surface area contributed by atoms with E-state index in [1.54, 1.807) is 55.5 Å². The van der Waals surface area contributed by atoms with Crippen molar-refractivity contribution in [3.8, 4) is 0 Å². The SMILES string of the molecule is CC(=N[S+]([O-])C(C)(C)C)c1ccc2ccn(S(=O)(=O)c3ccccc3)c2n1. The second-order valence-electron chi connectivity index (χ2n) is 7.08. The highest BCUT2D eigenvalue weighted by Crippen LogP contribution is 2.22. The molecule has 1 aromatic carbocycles. The lowest BCUT2D eigenvalue weighted by Crippen LogP contribution is -2.26. The topological polar surface area (TPSA) is 87.4 Å². The third-order valence-electron chi connectivity index (χ3n) is 3.92. The molecule has 0 amide bonds. The molecule has 3 aromatic rings. The van der Waals surface area contributed by atoms with Gasteiger partial charge in [0, 0.05) is 11.6 Å². The van der Waals surface area contributed by atoms with Crippen LogP contribution >= 0.6 is 0 Å². The van der Waals surface area contributed by atoms with Crippen LogP contribution in [0.5, 0.6) is 0 Å². The molecular weight excluding hydrogens is 382 g/mol. The normalized spacial score (nSPS) is 14.5. The first-order chi connectivity index (χ1) is 12.6. The van der Waals surface area contributed by atoms with Crippen LogP contribution in [0.25, 0.3) is 11.0 Å². The minimum absolute atomic E-state index is 0.189. The van der Waals surface area contributed by atoms with Gasteiger partial charge in [-0.1, -0.05) is 22.6 Å². The van der Waals surface area contributed by atoms with Crippen molar-refractivity contribution < 1.29 is 13.0 Å². The lowest BCUT2D eigenvalue weighted by molar-refractivity contribution is 0.561. The maximum Gasteiger partial charge on any atom is 0.269 e. The quantitative estimate of drug-likeness (QED) is 0.492. The fourth-order valence-electron chi connectivity index (χ4n) is 2.39. The average Bonchev–Trinajstić information content (AvgIpc) is 3.05. The van der Waals surface area contributed by atoms with Crippen LogP contribution in [0.2, 0.25) is 0 Å². The number of hydrogen-bond acceptors (Lipinski definition) is 5. The van der Waals surface area contributed by atoms with E-state index in [0.29, 0.717) is 22.4 Å². The molecule has 2 heterocycles. The Morgan fingerprint density at radius 3 is 2.41 bits per heavy atom. The van der Waals surface area contributed by atoms with Gasteiger partial charge in [-0.15, -0.1) is 0 Å². The monoisotopic (exact) mass is 403 g/mol. The molecule has 2 aromatic heterocycles. The molecule has 0 aliphatic rings. The van der Waals surface area contributed by atoms with E-state index in [1.807, 2.05) is 20.8 Å². The van der Waals surface area contributed by atoms with Crippen LogP contribution in [0.15, 0.2) is 64.0 Å². The highest BCUT2D eigenvalue weighted by atomic mass is 32.2. The van der Waals surface area contributed by atoms with Crippen molar-refractivity contribution in [2.75, 3.05) is 0 Å². The maximum atomic E-state index is 12.9. The van der Waals surface area contributed by atoms with E-state index in [1.165, 1.54) is 6.20 Å². The van der Waals surface area contributed by atoms with Gasteiger partial charge in [-0.25, -0.2) is 17.4 Å². The fourth-order valence-corrected chi connectivity index (χ4v) is 4.33. The molecule has 0 aliphatic carbocycles. The van der Waals surface area contributed by atoms with Crippen molar-refractivity contribution in [2.24, 2.45) is 4.40 Å². The van der Waals surface area contributed by atoms with Gasteiger partial charge in [0.2, 0.25) is 0 Å². The van der Waals surface area contributed by atoms with Crippen molar-refractivity contribution in [1.82, 2.24) is 8.96 Å². The highest BCUT2D eigenvalue weighted by molar-refractivity contribution is 7.91. The number of nitrogens with zero attached hydrogens (tertiary/aromatic N) is 3. The lowest BCUT2D eigenvalue weighted by Gasteiger charge is -2.18. The molecule has 8 heteroatoms. The molecule has 6 nitrogen and oxygen atoms in total. The summed E-state index contributed by atoms with van der Waals surface area (Å²) in [5.41, 5.74) is 1.30. The summed E-state index contributed by atoms with van der Waals surface area (Å²) in [5, 5.41) is 0.697. The van der Waals surface area contributed by atoms with E-state index in [4.69, 9.17) is 0 Å². The smallest absolute Gasteiger partial charge is 0.269 e. The van der Waals surface area contributed by atoms with Crippen molar-refractivity contribution >= 4 is 38.1 Å². The second-order valence-corrected chi connectivity index (χ2v) is 10.8. The molecule has 0 saturated heterocycles. The summed E-state index contributed by atoms with van der Waals surface area (Å²) in [6.45, 7) is 7.24. The number of fused-ring (bicyclic) bond motifs is 1. The summed E-state index contributed by atoms with van der Waals surface area (Å²) >= 11 is -1.42. The molecule has 142 valence electrons. The highest BCUT2D eigenvalue weighted by Gasteiger charge is 2.27. The van der Waals surface area contributed by atoms with Crippen molar-refractivity contribution in [2.45, 2.75) is 37.3 Å². The predicted molar refractivity (Wildman–Crippen MR) is 109 cm³/mol. The first kappa shape index (κ1) is 19.6. The Hall–Kier alpha value is -2.16. The van der Waals surface area contributed by atoms with E-state index in [2.05, 4.69) is 9.38 Å². The standard InChI is InChI=1S/C19H21N3O3S2/c1-14(21-26(23)19(2,3)4)17-11-10-15-12-13-22(18(15)20-17)27(24,25)16-8-6-5-7-9-16/h5-13H,1-4H3. The van der Waals surface area contributed by atoms with Gasteiger partial charge in [0.1, 0.15) is 21.8 Å². The van der Waals surface area contributed by atoms with Gasteiger partial charge in [-0.2, -0.15) is 0 Å². The molecular formula is C19H21N3O3S2. The van der Waals surface area contributed by atoms with Crippen molar-refractivity contribution in [1.29, 1.82) is 0 Å². The summed E-state index contributed by atoms with van der Waals surface area (Å²) in [7, 11) is -3.76. The zero-order valence-corrected chi connectivity index (χ0v) is 17.2. The van der Waals surface area contributed by atoms with Crippen LogP contribution in [-0.2, 0) is 21.4 Å². The van der Waals surface area contributed by atoms with Crippen molar-refractivity contribution in [3.05, 3.63) is 60.4 Å². The molecule has 0 fully saturated rings. The van der Waals surface area contributed by atoms with Crippen LogP contribution in [0.1, 0.15) is 33.4 Å². The molecule has 0 saturated carbocycles. The Labute approximate surface area is 162 Å². The largest absolute Gasteiger partial charge is 0.591 e. The summed E-state index contributed by atoms with van der Waals surface area (Å²) < 4.78 is 43.1. The zero-order valence-electron chi connectivity index (χ0n) is 15.6. The molecule has 1 unspecified atom stereocenters. The van der Waals surface area contributed by atoms with Gasteiger partial charge < -0.3 is 4.55 Å². The third kappa shape index (κ3) is 3.92. The van der Waals surface area contributed by atoms with Gasteiger partial charge in [0.25, 0.3) is 10.0 Å². The molecule has 0 N–H and O–H groups in total. The minimum atomic E-state index is -3.76.